The van der Waals surface area contributed by atoms with E-state index in [4.69, 9.17) is 14.2 Å². The minimum Gasteiger partial charge on any atom is -0.444 e. The molecule has 0 spiro atoms. The van der Waals surface area contributed by atoms with E-state index in [2.05, 4.69) is 38.6 Å². The molecule has 3 heterocycles. The van der Waals surface area contributed by atoms with Gasteiger partial charge in [-0.25, -0.2) is 9.78 Å². The van der Waals surface area contributed by atoms with Crippen LogP contribution in [0, 0.1) is 13.8 Å². The van der Waals surface area contributed by atoms with Gasteiger partial charge in [0.1, 0.15) is 23.2 Å². The predicted molar refractivity (Wildman–Crippen MR) is 140 cm³/mol. The highest BCUT2D eigenvalue weighted by Crippen LogP contribution is 2.37. The van der Waals surface area contributed by atoms with Crippen LogP contribution in [0.1, 0.15) is 82.2 Å². The Balaban J connectivity index is 1.45. The van der Waals surface area contributed by atoms with E-state index in [9.17, 15) is 9.59 Å². The lowest BCUT2D eigenvalue weighted by Crippen LogP contribution is -2.41. The molecule has 0 unspecified atom stereocenters. The van der Waals surface area contributed by atoms with E-state index < -0.39 is 5.60 Å². The number of carbonyl (C=O) groups excluding carboxylic acids is 2. The van der Waals surface area contributed by atoms with E-state index in [-0.39, 0.29) is 30.1 Å². The van der Waals surface area contributed by atoms with Gasteiger partial charge in [-0.15, -0.1) is 0 Å². The second-order valence-corrected chi connectivity index (χ2v) is 11.1. The number of amides is 2. The predicted octanol–water partition coefficient (Wildman–Crippen LogP) is 5.43. The number of fused-ring (bicyclic) bond motifs is 1. The Hall–Kier alpha value is -3.62. The normalized spacial score (nSPS) is 22.2. The third-order valence-corrected chi connectivity index (χ3v) is 7.05. The third kappa shape index (κ3) is 5.26. The molecule has 1 aromatic carbocycles. The molecule has 2 N–H and O–H groups in total. The molecule has 2 aromatic heterocycles. The first-order valence-electron chi connectivity index (χ1n) is 13.0. The van der Waals surface area contributed by atoms with Crippen molar-refractivity contribution in [2.45, 2.75) is 90.4 Å². The summed E-state index contributed by atoms with van der Waals surface area (Å²) >= 11 is 0. The quantitative estimate of drug-likeness (QED) is 0.457. The minimum atomic E-state index is -0.522. The van der Waals surface area contributed by atoms with E-state index in [0.29, 0.717) is 6.42 Å². The zero-order valence-corrected chi connectivity index (χ0v) is 22.1. The van der Waals surface area contributed by atoms with E-state index in [0.717, 1.165) is 65.1 Å². The Bertz CT molecular complexity index is 1340. The Labute approximate surface area is 216 Å². The average molecular weight is 506 g/mol. The lowest BCUT2D eigenvalue weighted by atomic mass is 9.90. The monoisotopic (exact) mass is 505 g/mol. The zero-order valence-electron chi connectivity index (χ0n) is 22.1. The van der Waals surface area contributed by atoms with Crippen molar-refractivity contribution >= 4 is 23.0 Å². The van der Waals surface area contributed by atoms with Crippen molar-refractivity contribution in [3.8, 4) is 11.1 Å². The van der Waals surface area contributed by atoms with Crippen LogP contribution in [0.25, 0.3) is 22.2 Å². The Kier molecular flexibility index (Phi) is 6.56. The molecule has 0 radical (unpaired) electrons. The first-order valence-corrected chi connectivity index (χ1v) is 13.0. The van der Waals surface area contributed by atoms with Gasteiger partial charge < -0.3 is 24.5 Å². The maximum absolute atomic E-state index is 12.3. The van der Waals surface area contributed by atoms with Crippen LogP contribution in [0.2, 0.25) is 0 Å². The van der Waals surface area contributed by atoms with Gasteiger partial charge in [0.2, 0.25) is 5.91 Å². The van der Waals surface area contributed by atoms with Gasteiger partial charge in [-0.2, -0.15) is 0 Å². The molecular weight excluding hydrogens is 470 g/mol. The van der Waals surface area contributed by atoms with E-state index in [1.807, 2.05) is 46.8 Å². The number of aryl methyl sites for hydroxylation is 2. The van der Waals surface area contributed by atoms with Gasteiger partial charge in [-0.05, 0) is 78.0 Å². The highest BCUT2D eigenvalue weighted by Gasteiger charge is 2.30. The standard InChI is InChI=1S/C28H35N5O4/c1-16-25(17(2)37-32-16)18-9-14-23-22(15-18)31-26(21-7-6-8-24(34)30-21)33(23)20-12-10-19(11-13-20)29-27(35)36-28(3,4)5/h6-7,9,14-15,19-21H,8,10-13H2,1-5H3,(H,29,35)(H,30,34)/t19?,20?,21-/m0/s1. The molecule has 1 aliphatic carbocycles. The van der Waals surface area contributed by atoms with Crippen LogP contribution >= 0.6 is 0 Å². The molecule has 0 bridgehead atoms. The molecule has 1 fully saturated rings. The van der Waals surface area contributed by atoms with Gasteiger partial charge in [0.05, 0.1) is 16.7 Å². The molecule has 1 aliphatic heterocycles. The molecule has 5 rings (SSSR count). The SMILES string of the molecule is Cc1noc(C)c1-c1ccc2c(c1)nc([C@@H]1C=CCC(=O)N1)n2C1CCC(NC(=O)OC(C)(C)C)CC1. The molecule has 1 atom stereocenters. The van der Waals surface area contributed by atoms with Crippen LogP contribution in [-0.2, 0) is 9.53 Å². The second-order valence-electron chi connectivity index (χ2n) is 11.1. The van der Waals surface area contributed by atoms with Crippen LogP contribution in [0.15, 0.2) is 34.9 Å². The smallest absolute Gasteiger partial charge is 0.407 e. The van der Waals surface area contributed by atoms with Crippen LogP contribution < -0.4 is 10.6 Å². The summed E-state index contributed by atoms with van der Waals surface area (Å²) in [5.74, 6) is 1.60. The number of nitrogens with zero attached hydrogens (tertiary/aromatic N) is 3. The number of nitrogens with one attached hydrogen (secondary N) is 2. The summed E-state index contributed by atoms with van der Waals surface area (Å²) in [5.41, 5.74) is 4.21. The van der Waals surface area contributed by atoms with Gasteiger partial charge >= 0.3 is 6.09 Å². The number of hydrogen-bond acceptors (Lipinski definition) is 6. The minimum absolute atomic E-state index is 0.00668. The molecule has 37 heavy (non-hydrogen) atoms. The van der Waals surface area contributed by atoms with Gasteiger partial charge in [0.25, 0.3) is 0 Å². The average Bonchev–Trinajstić information content (AvgIpc) is 3.37. The van der Waals surface area contributed by atoms with Gasteiger partial charge in [-0.3, -0.25) is 4.79 Å². The number of aromatic nitrogens is 3. The van der Waals surface area contributed by atoms with Crippen molar-refractivity contribution in [3.63, 3.8) is 0 Å². The van der Waals surface area contributed by atoms with Crippen molar-refractivity contribution in [1.82, 2.24) is 25.3 Å². The number of hydrogen-bond donors (Lipinski definition) is 2. The molecule has 0 saturated heterocycles. The molecule has 1 saturated carbocycles. The van der Waals surface area contributed by atoms with E-state index in [1.165, 1.54) is 0 Å². The van der Waals surface area contributed by atoms with Crippen molar-refractivity contribution in [3.05, 3.63) is 47.6 Å². The first kappa shape index (κ1) is 25.0. The van der Waals surface area contributed by atoms with E-state index in [1.54, 1.807) is 0 Å². The summed E-state index contributed by atoms with van der Waals surface area (Å²) in [6.45, 7) is 9.45. The fourth-order valence-electron chi connectivity index (χ4n) is 5.47. The lowest BCUT2D eigenvalue weighted by molar-refractivity contribution is -0.121. The summed E-state index contributed by atoms with van der Waals surface area (Å²) in [7, 11) is 0. The number of ether oxygens (including phenoxy) is 1. The van der Waals surface area contributed by atoms with Crippen molar-refractivity contribution in [2.75, 3.05) is 0 Å². The van der Waals surface area contributed by atoms with Gasteiger partial charge in [0.15, 0.2) is 0 Å². The van der Waals surface area contributed by atoms with Gasteiger partial charge in [-0.1, -0.05) is 23.4 Å². The topological polar surface area (TPSA) is 111 Å². The highest BCUT2D eigenvalue weighted by molar-refractivity contribution is 5.84. The number of rotatable bonds is 4. The number of alkyl carbamates (subject to hydrolysis) is 1. The first-order chi connectivity index (χ1) is 17.6. The van der Waals surface area contributed by atoms with Crippen LogP contribution in [0.3, 0.4) is 0 Å². The van der Waals surface area contributed by atoms with Crippen molar-refractivity contribution in [2.24, 2.45) is 0 Å². The molecule has 2 aliphatic rings. The maximum atomic E-state index is 12.3. The number of carbonyl (C=O) groups is 2. The van der Waals surface area contributed by atoms with Crippen molar-refractivity contribution < 1.29 is 18.8 Å². The largest absolute Gasteiger partial charge is 0.444 e. The maximum Gasteiger partial charge on any atom is 0.407 e. The second kappa shape index (κ2) is 9.68. The summed E-state index contributed by atoms with van der Waals surface area (Å²) < 4.78 is 13.1. The fourth-order valence-corrected chi connectivity index (χ4v) is 5.47. The molecular formula is C28H35N5O4. The van der Waals surface area contributed by atoms with Crippen LogP contribution in [0.4, 0.5) is 4.79 Å². The Morgan fingerprint density at radius 3 is 2.59 bits per heavy atom. The molecule has 9 nitrogen and oxygen atoms in total. The summed E-state index contributed by atoms with van der Waals surface area (Å²) in [6.07, 6.45) is 7.39. The Morgan fingerprint density at radius 1 is 1.19 bits per heavy atom. The van der Waals surface area contributed by atoms with Crippen molar-refractivity contribution in [1.29, 1.82) is 0 Å². The summed E-state index contributed by atoms with van der Waals surface area (Å²) in [4.78, 5) is 29.5. The summed E-state index contributed by atoms with van der Waals surface area (Å²) in [6, 6.07) is 6.26. The number of imidazole rings is 1. The summed E-state index contributed by atoms with van der Waals surface area (Å²) in [5, 5.41) is 10.2. The molecule has 9 heteroatoms. The van der Waals surface area contributed by atoms with E-state index >= 15 is 0 Å². The van der Waals surface area contributed by atoms with Crippen LogP contribution in [-0.4, -0.2) is 38.4 Å². The van der Waals surface area contributed by atoms with Gasteiger partial charge in [0, 0.05) is 24.1 Å². The highest BCUT2D eigenvalue weighted by atomic mass is 16.6. The zero-order chi connectivity index (χ0) is 26.3. The Morgan fingerprint density at radius 2 is 1.95 bits per heavy atom. The lowest BCUT2D eigenvalue weighted by Gasteiger charge is -2.32. The molecule has 2 amide bonds. The third-order valence-electron chi connectivity index (χ3n) is 7.05. The fraction of sp³-hybridized carbons (Fsp3) is 0.500. The number of benzene rings is 1. The molecule has 196 valence electrons. The van der Waals surface area contributed by atoms with Crippen LogP contribution in [0.5, 0.6) is 0 Å². The molecule has 3 aromatic rings.